The van der Waals surface area contributed by atoms with E-state index in [-0.39, 0.29) is 6.03 Å². The molecule has 5 heteroatoms. The Balaban J connectivity index is 1.56. The highest BCUT2D eigenvalue weighted by atomic mass is 16.5. The quantitative estimate of drug-likeness (QED) is 0.755. The van der Waals surface area contributed by atoms with Gasteiger partial charge in [0.25, 0.3) is 0 Å². The van der Waals surface area contributed by atoms with E-state index in [1.807, 2.05) is 0 Å². The van der Waals surface area contributed by atoms with Gasteiger partial charge in [-0.3, -0.25) is 0 Å². The molecule has 0 aliphatic carbocycles. The minimum atomic E-state index is -0.286. The zero-order valence-electron chi connectivity index (χ0n) is 10.4. The van der Waals surface area contributed by atoms with Crippen LogP contribution >= 0.6 is 0 Å². The first-order valence-electron chi connectivity index (χ1n) is 6.61. The Hall–Kier alpha value is -0.810. The second-order valence-electron chi connectivity index (χ2n) is 5.07. The molecule has 2 amide bonds. The maximum Gasteiger partial charge on any atom is 0.314 e. The fraction of sp³-hybridized carbons (Fsp3) is 0.917. The zero-order valence-corrected chi connectivity index (χ0v) is 10.4. The van der Waals surface area contributed by atoms with E-state index in [2.05, 4.69) is 5.32 Å². The average molecular weight is 241 g/mol. The van der Waals surface area contributed by atoms with Gasteiger partial charge in [0.15, 0.2) is 0 Å². The number of urea groups is 1. The van der Waals surface area contributed by atoms with Crippen molar-refractivity contribution in [1.29, 1.82) is 0 Å². The van der Waals surface area contributed by atoms with Gasteiger partial charge in [-0.05, 0) is 38.1 Å². The second-order valence-corrected chi connectivity index (χ2v) is 5.07. The summed E-state index contributed by atoms with van der Waals surface area (Å²) in [5, 5.41) is 3.57. The monoisotopic (exact) mass is 241 g/mol. The number of hydrogen-bond donors (Lipinski definition) is 2. The molecule has 3 N–H and O–H groups in total. The van der Waals surface area contributed by atoms with E-state index in [1.165, 1.54) is 12.8 Å². The molecule has 2 aliphatic rings. The third-order valence-corrected chi connectivity index (χ3v) is 3.82. The van der Waals surface area contributed by atoms with E-state index in [1.54, 1.807) is 4.90 Å². The standard InChI is InChI=1S/C12H23N3O2/c13-12(16)15-6-2-11(3-7-15)14-5-1-10-4-8-17-9-10/h10-11,14H,1-9H2,(H2,13,16). The van der Waals surface area contributed by atoms with Gasteiger partial charge in [-0.15, -0.1) is 0 Å². The molecule has 2 fully saturated rings. The van der Waals surface area contributed by atoms with Crippen LogP contribution in [0.2, 0.25) is 0 Å². The van der Waals surface area contributed by atoms with Crippen LogP contribution in [0.15, 0.2) is 0 Å². The molecule has 2 rings (SSSR count). The van der Waals surface area contributed by atoms with Crippen molar-refractivity contribution in [1.82, 2.24) is 10.2 Å². The van der Waals surface area contributed by atoms with Gasteiger partial charge in [0.1, 0.15) is 0 Å². The molecule has 0 aromatic heterocycles. The highest BCUT2D eigenvalue weighted by Crippen LogP contribution is 2.16. The molecule has 0 radical (unpaired) electrons. The summed E-state index contributed by atoms with van der Waals surface area (Å²) in [6.45, 7) is 4.51. The third kappa shape index (κ3) is 3.85. The summed E-state index contributed by atoms with van der Waals surface area (Å²) in [5.74, 6) is 0.744. The summed E-state index contributed by atoms with van der Waals surface area (Å²) in [5.41, 5.74) is 5.25. The van der Waals surface area contributed by atoms with E-state index in [0.717, 1.165) is 51.6 Å². The summed E-state index contributed by atoms with van der Waals surface area (Å²) < 4.78 is 5.35. The van der Waals surface area contributed by atoms with Crippen molar-refractivity contribution < 1.29 is 9.53 Å². The molecule has 1 atom stereocenters. The van der Waals surface area contributed by atoms with Crippen molar-refractivity contribution >= 4 is 6.03 Å². The van der Waals surface area contributed by atoms with Gasteiger partial charge in [0.05, 0.1) is 0 Å². The van der Waals surface area contributed by atoms with Gasteiger partial charge in [-0.25, -0.2) is 4.79 Å². The van der Waals surface area contributed by atoms with Crippen LogP contribution in [0.25, 0.3) is 0 Å². The number of primary amides is 1. The molecular weight excluding hydrogens is 218 g/mol. The number of carbonyl (C=O) groups excluding carboxylic acids is 1. The lowest BCUT2D eigenvalue weighted by molar-refractivity contribution is 0.179. The van der Waals surface area contributed by atoms with Crippen molar-refractivity contribution in [2.45, 2.75) is 31.7 Å². The van der Waals surface area contributed by atoms with E-state index in [0.29, 0.717) is 6.04 Å². The maximum absolute atomic E-state index is 11.0. The Morgan fingerprint density at radius 2 is 2.12 bits per heavy atom. The van der Waals surface area contributed by atoms with Crippen molar-refractivity contribution in [3.63, 3.8) is 0 Å². The molecule has 5 nitrogen and oxygen atoms in total. The largest absolute Gasteiger partial charge is 0.381 e. The summed E-state index contributed by atoms with van der Waals surface area (Å²) in [6.07, 6.45) is 4.45. The minimum Gasteiger partial charge on any atom is -0.381 e. The number of likely N-dealkylation sites (tertiary alicyclic amines) is 1. The molecule has 0 bridgehead atoms. The predicted molar refractivity (Wildman–Crippen MR) is 65.7 cm³/mol. The molecule has 17 heavy (non-hydrogen) atoms. The number of nitrogens with one attached hydrogen (secondary N) is 1. The molecule has 0 aromatic rings. The van der Waals surface area contributed by atoms with Crippen LogP contribution in [0.5, 0.6) is 0 Å². The van der Waals surface area contributed by atoms with Crippen LogP contribution in [0, 0.1) is 5.92 Å². The molecule has 2 saturated heterocycles. The molecule has 98 valence electrons. The number of ether oxygens (including phenoxy) is 1. The summed E-state index contributed by atoms with van der Waals surface area (Å²) in [7, 11) is 0. The van der Waals surface area contributed by atoms with Crippen molar-refractivity contribution in [2.75, 3.05) is 32.8 Å². The van der Waals surface area contributed by atoms with E-state index >= 15 is 0 Å². The molecule has 0 aromatic carbocycles. The molecule has 1 unspecified atom stereocenters. The highest BCUT2D eigenvalue weighted by Gasteiger charge is 2.21. The number of rotatable bonds is 4. The van der Waals surface area contributed by atoms with Gasteiger partial charge in [-0.1, -0.05) is 0 Å². The maximum atomic E-state index is 11.0. The second kappa shape index (κ2) is 6.21. The Morgan fingerprint density at radius 1 is 1.35 bits per heavy atom. The van der Waals surface area contributed by atoms with Crippen LogP contribution in [0.1, 0.15) is 25.7 Å². The van der Waals surface area contributed by atoms with Crippen LogP contribution in [0.4, 0.5) is 4.79 Å². The van der Waals surface area contributed by atoms with Crippen LogP contribution in [0.3, 0.4) is 0 Å². The van der Waals surface area contributed by atoms with Crippen LogP contribution in [-0.2, 0) is 4.74 Å². The van der Waals surface area contributed by atoms with Gasteiger partial charge in [0, 0.05) is 32.3 Å². The lowest BCUT2D eigenvalue weighted by Crippen LogP contribution is -2.47. The minimum absolute atomic E-state index is 0.286. The SMILES string of the molecule is NC(=O)N1CCC(NCCC2CCOC2)CC1. The molecule has 0 saturated carbocycles. The number of nitrogens with zero attached hydrogens (tertiary/aromatic N) is 1. The van der Waals surface area contributed by atoms with E-state index in [4.69, 9.17) is 10.5 Å². The summed E-state index contributed by atoms with van der Waals surface area (Å²) in [6, 6.07) is 0.263. The van der Waals surface area contributed by atoms with Crippen LogP contribution < -0.4 is 11.1 Å². The Kier molecular flexibility index (Phi) is 4.62. The van der Waals surface area contributed by atoms with Gasteiger partial charge >= 0.3 is 6.03 Å². The first-order valence-corrected chi connectivity index (χ1v) is 6.61. The first kappa shape index (κ1) is 12.6. The summed E-state index contributed by atoms with van der Waals surface area (Å²) >= 11 is 0. The van der Waals surface area contributed by atoms with Gasteiger partial charge in [0.2, 0.25) is 0 Å². The number of piperidine rings is 1. The Bertz CT molecular complexity index is 246. The van der Waals surface area contributed by atoms with Gasteiger partial charge < -0.3 is 20.7 Å². The van der Waals surface area contributed by atoms with Crippen molar-refractivity contribution in [3.05, 3.63) is 0 Å². The van der Waals surface area contributed by atoms with Crippen molar-refractivity contribution in [3.8, 4) is 0 Å². The molecule has 0 spiro atoms. The lowest BCUT2D eigenvalue weighted by atomic mass is 10.0. The zero-order chi connectivity index (χ0) is 12.1. The number of carbonyl (C=O) groups is 1. The summed E-state index contributed by atoms with van der Waals surface area (Å²) in [4.78, 5) is 12.7. The number of hydrogen-bond acceptors (Lipinski definition) is 3. The Morgan fingerprint density at radius 3 is 2.71 bits per heavy atom. The molecular formula is C12H23N3O2. The topological polar surface area (TPSA) is 67.6 Å². The fourth-order valence-corrected chi connectivity index (χ4v) is 2.61. The van der Waals surface area contributed by atoms with E-state index < -0.39 is 0 Å². The normalized spacial score (nSPS) is 26.4. The lowest BCUT2D eigenvalue weighted by Gasteiger charge is -2.31. The fourth-order valence-electron chi connectivity index (χ4n) is 2.61. The number of nitrogens with two attached hydrogens (primary N) is 1. The van der Waals surface area contributed by atoms with Gasteiger partial charge in [-0.2, -0.15) is 0 Å². The highest BCUT2D eigenvalue weighted by molar-refractivity contribution is 5.72. The number of amides is 2. The van der Waals surface area contributed by atoms with Crippen LogP contribution in [-0.4, -0.2) is 49.8 Å². The molecule has 2 aliphatic heterocycles. The predicted octanol–water partition coefficient (Wildman–Crippen LogP) is 0.546. The molecule has 2 heterocycles. The third-order valence-electron chi connectivity index (χ3n) is 3.82. The Labute approximate surface area is 103 Å². The van der Waals surface area contributed by atoms with Crippen molar-refractivity contribution in [2.24, 2.45) is 11.7 Å². The smallest absolute Gasteiger partial charge is 0.314 e. The first-order chi connectivity index (χ1) is 8.25. The average Bonchev–Trinajstić information content (AvgIpc) is 2.83. The van der Waals surface area contributed by atoms with E-state index in [9.17, 15) is 4.79 Å².